The Bertz CT molecular complexity index is 997. The zero-order valence-corrected chi connectivity index (χ0v) is 15.7. The first-order valence-electron chi connectivity index (χ1n) is 9.69. The van der Waals surface area contributed by atoms with Gasteiger partial charge in [-0.3, -0.25) is 0 Å². The number of rotatable bonds is 5. The van der Waals surface area contributed by atoms with Crippen molar-refractivity contribution in [2.75, 3.05) is 0 Å². The number of benzene rings is 4. The van der Waals surface area contributed by atoms with Gasteiger partial charge in [0.1, 0.15) is 0 Å². The van der Waals surface area contributed by atoms with Crippen LogP contribution in [0.3, 0.4) is 0 Å². The molecule has 0 saturated heterocycles. The quantitative estimate of drug-likeness (QED) is 0.347. The largest absolute Gasteiger partial charge is 0.0651 e. The summed E-state index contributed by atoms with van der Waals surface area (Å²) in [6, 6.07) is 37.1. The van der Waals surface area contributed by atoms with Gasteiger partial charge in [-0.1, -0.05) is 116 Å². The predicted molar refractivity (Wildman–Crippen MR) is 117 cm³/mol. The summed E-state index contributed by atoms with van der Waals surface area (Å²) in [6.45, 7) is 2.24. The molecule has 4 aromatic rings. The van der Waals surface area contributed by atoms with Crippen LogP contribution in [0.4, 0.5) is 0 Å². The molecule has 0 heterocycles. The van der Waals surface area contributed by atoms with Gasteiger partial charge in [-0.25, -0.2) is 0 Å². The van der Waals surface area contributed by atoms with Gasteiger partial charge in [-0.2, -0.15) is 0 Å². The van der Waals surface area contributed by atoms with Crippen LogP contribution in [0.15, 0.2) is 103 Å². The summed E-state index contributed by atoms with van der Waals surface area (Å²) in [5, 5.41) is 0. The Morgan fingerprint density at radius 1 is 0.481 bits per heavy atom. The van der Waals surface area contributed by atoms with Gasteiger partial charge in [0.25, 0.3) is 0 Å². The molecule has 0 amide bonds. The Hall–Kier alpha value is -3.12. The fraction of sp³-hybridized carbons (Fsp3) is 0.111. The molecule has 0 aromatic heterocycles. The Kier molecular flexibility index (Phi) is 5.16. The van der Waals surface area contributed by atoms with E-state index >= 15 is 0 Å². The molecule has 0 aliphatic rings. The molecule has 0 atom stereocenters. The third-order valence-corrected chi connectivity index (χ3v) is 5.01. The second kappa shape index (κ2) is 8.05. The molecule has 0 unspecified atom stereocenters. The van der Waals surface area contributed by atoms with Crippen LogP contribution >= 0.6 is 0 Å². The minimum Gasteiger partial charge on any atom is -0.0651 e. The first-order chi connectivity index (χ1) is 13.3. The molecule has 4 aromatic carbocycles. The molecular formula is C27H24. The molecule has 0 fully saturated rings. The molecule has 0 bridgehead atoms. The van der Waals surface area contributed by atoms with Gasteiger partial charge in [-0.05, 0) is 45.4 Å². The summed E-state index contributed by atoms with van der Waals surface area (Å²) in [7, 11) is 0. The van der Waals surface area contributed by atoms with Crippen LogP contribution in [0.1, 0.15) is 18.9 Å². The van der Waals surface area contributed by atoms with E-state index in [1.165, 1.54) is 38.9 Å². The standard InChI is InChI=1S/C27H24/c1-2-9-21-14-19-26(24-12-7-4-8-13-24)27(20-21)25-17-15-23(16-18-25)22-10-5-3-6-11-22/h3-8,10-20H,2,9H2,1H3. The lowest BCUT2D eigenvalue weighted by Crippen LogP contribution is -1.90. The van der Waals surface area contributed by atoms with Gasteiger partial charge in [0.15, 0.2) is 0 Å². The smallest absolute Gasteiger partial charge is 0.0103 e. The topological polar surface area (TPSA) is 0 Å². The van der Waals surface area contributed by atoms with E-state index in [4.69, 9.17) is 0 Å². The van der Waals surface area contributed by atoms with Crippen molar-refractivity contribution in [3.8, 4) is 33.4 Å². The van der Waals surface area contributed by atoms with Crippen molar-refractivity contribution >= 4 is 0 Å². The van der Waals surface area contributed by atoms with Crippen molar-refractivity contribution in [3.05, 3.63) is 109 Å². The molecule has 0 nitrogen and oxygen atoms in total. The van der Waals surface area contributed by atoms with E-state index < -0.39 is 0 Å². The maximum absolute atomic E-state index is 2.36. The summed E-state index contributed by atoms with van der Waals surface area (Å²) in [5.74, 6) is 0. The van der Waals surface area contributed by atoms with Gasteiger partial charge < -0.3 is 0 Å². The Morgan fingerprint density at radius 3 is 1.63 bits per heavy atom. The average Bonchev–Trinajstić information content (AvgIpc) is 2.75. The molecule has 0 heteroatoms. The van der Waals surface area contributed by atoms with Gasteiger partial charge in [0.2, 0.25) is 0 Å². The SMILES string of the molecule is CCCc1ccc(-c2ccccc2)c(-c2ccc(-c3ccccc3)cc2)c1. The third-order valence-electron chi connectivity index (χ3n) is 5.01. The molecule has 0 N–H and O–H groups in total. The minimum absolute atomic E-state index is 1.12. The van der Waals surface area contributed by atoms with Gasteiger partial charge in [0.05, 0.1) is 0 Å². The Balaban J connectivity index is 1.78. The first kappa shape index (κ1) is 17.3. The predicted octanol–water partition coefficient (Wildman–Crippen LogP) is 7.64. The molecule has 0 aliphatic carbocycles. The van der Waals surface area contributed by atoms with Crippen molar-refractivity contribution in [3.63, 3.8) is 0 Å². The Morgan fingerprint density at radius 2 is 1.00 bits per heavy atom. The number of hydrogen-bond acceptors (Lipinski definition) is 0. The summed E-state index contributed by atoms with van der Waals surface area (Å²) < 4.78 is 0. The summed E-state index contributed by atoms with van der Waals surface area (Å²) in [5.41, 5.74) is 9.06. The van der Waals surface area contributed by atoms with Crippen molar-refractivity contribution in [2.24, 2.45) is 0 Å². The monoisotopic (exact) mass is 348 g/mol. The second-order valence-corrected chi connectivity index (χ2v) is 6.94. The highest BCUT2D eigenvalue weighted by Crippen LogP contribution is 2.34. The number of hydrogen-bond donors (Lipinski definition) is 0. The summed E-state index contributed by atoms with van der Waals surface area (Å²) in [4.78, 5) is 0. The van der Waals surface area contributed by atoms with E-state index in [2.05, 4.69) is 110 Å². The first-order valence-corrected chi connectivity index (χ1v) is 9.69. The van der Waals surface area contributed by atoms with Crippen LogP contribution in [0.5, 0.6) is 0 Å². The van der Waals surface area contributed by atoms with Crippen molar-refractivity contribution < 1.29 is 0 Å². The van der Waals surface area contributed by atoms with Crippen LogP contribution in [0, 0.1) is 0 Å². The second-order valence-electron chi connectivity index (χ2n) is 6.94. The lowest BCUT2D eigenvalue weighted by Gasteiger charge is -2.13. The lowest BCUT2D eigenvalue weighted by molar-refractivity contribution is 0.922. The van der Waals surface area contributed by atoms with E-state index in [-0.39, 0.29) is 0 Å². The molecule has 27 heavy (non-hydrogen) atoms. The molecule has 0 radical (unpaired) electrons. The maximum atomic E-state index is 2.36. The Labute approximate surface area is 162 Å². The molecule has 0 spiro atoms. The maximum Gasteiger partial charge on any atom is -0.0103 e. The average molecular weight is 348 g/mol. The van der Waals surface area contributed by atoms with E-state index in [1.807, 2.05) is 0 Å². The van der Waals surface area contributed by atoms with Crippen molar-refractivity contribution in [1.29, 1.82) is 0 Å². The van der Waals surface area contributed by atoms with Crippen LogP contribution in [0.2, 0.25) is 0 Å². The fourth-order valence-corrected chi connectivity index (χ4v) is 3.62. The van der Waals surface area contributed by atoms with Crippen LogP contribution in [-0.4, -0.2) is 0 Å². The zero-order valence-electron chi connectivity index (χ0n) is 15.7. The molecule has 132 valence electrons. The molecule has 4 rings (SSSR count). The highest BCUT2D eigenvalue weighted by molar-refractivity contribution is 5.84. The molecular weight excluding hydrogens is 324 g/mol. The van der Waals surface area contributed by atoms with Crippen molar-refractivity contribution in [1.82, 2.24) is 0 Å². The zero-order chi connectivity index (χ0) is 18.5. The van der Waals surface area contributed by atoms with E-state index in [1.54, 1.807) is 0 Å². The van der Waals surface area contributed by atoms with Gasteiger partial charge >= 0.3 is 0 Å². The fourth-order valence-electron chi connectivity index (χ4n) is 3.62. The normalized spacial score (nSPS) is 10.7. The highest BCUT2D eigenvalue weighted by atomic mass is 14.1. The molecule has 0 saturated carbocycles. The minimum atomic E-state index is 1.12. The van der Waals surface area contributed by atoms with Crippen LogP contribution in [-0.2, 0) is 6.42 Å². The molecule has 0 aliphatic heterocycles. The van der Waals surface area contributed by atoms with E-state index in [0.29, 0.717) is 0 Å². The highest BCUT2D eigenvalue weighted by Gasteiger charge is 2.09. The van der Waals surface area contributed by atoms with E-state index in [9.17, 15) is 0 Å². The van der Waals surface area contributed by atoms with Gasteiger partial charge in [-0.15, -0.1) is 0 Å². The lowest BCUT2D eigenvalue weighted by atomic mass is 9.91. The van der Waals surface area contributed by atoms with Crippen LogP contribution in [0.25, 0.3) is 33.4 Å². The van der Waals surface area contributed by atoms with E-state index in [0.717, 1.165) is 12.8 Å². The summed E-state index contributed by atoms with van der Waals surface area (Å²) in [6.07, 6.45) is 2.28. The summed E-state index contributed by atoms with van der Waals surface area (Å²) >= 11 is 0. The van der Waals surface area contributed by atoms with Crippen molar-refractivity contribution in [2.45, 2.75) is 19.8 Å². The number of aryl methyl sites for hydroxylation is 1. The van der Waals surface area contributed by atoms with Crippen LogP contribution < -0.4 is 0 Å². The van der Waals surface area contributed by atoms with Gasteiger partial charge in [0, 0.05) is 0 Å². The third kappa shape index (κ3) is 3.85.